The highest BCUT2D eigenvalue weighted by Gasteiger charge is 2.52. The Kier molecular flexibility index (Phi) is 5.96. The SMILES string of the molecule is CCCCC1(c2ccc(F)cc2)NC(=O)N(CC(=O)N(C)c2ccccc2)C1=O. The van der Waals surface area contributed by atoms with Crippen LogP contribution in [0.1, 0.15) is 31.7 Å². The third kappa shape index (κ3) is 3.99. The van der Waals surface area contributed by atoms with Crippen LogP contribution < -0.4 is 10.2 Å². The van der Waals surface area contributed by atoms with Gasteiger partial charge >= 0.3 is 6.03 Å². The second-order valence-electron chi connectivity index (χ2n) is 7.13. The molecular weight excluding hydrogens is 373 g/mol. The fourth-order valence-corrected chi connectivity index (χ4v) is 3.49. The molecule has 1 aliphatic rings. The molecule has 1 aliphatic heterocycles. The fraction of sp³-hybridized carbons (Fsp3) is 0.318. The van der Waals surface area contributed by atoms with Gasteiger partial charge in [-0.3, -0.25) is 14.5 Å². The number of anilines is 1. The summed E-state index contributed by atoms with van der Waals surface area (Å²) in [6.45, 7) is 1.61. The summed E-state index contributed by atoms with van der Waals surface area (Å²) in [5.41, 5.74) is -0.107. The van der Waals surface area contributed by atoms with Gasteiger partial charge < -0.3 is 10.2 Å². The zero-order valence-electron chi connectivity index (χ0n) is 16.5. The van der Waals surface area contributed by atoms with Crippen LogP contribution in [0, 0.1) is 5.82 Å². The van der Waals surface area contributed by atoms with Gasteiger partial charge in [0.15, 0.2) is 0 Å². The number of nitrogens with one attached hydrogen (secondary N) is 1. The average molecular weight is 397 g/mol. The quantitative estimate of drug-likeness (QED) is 0.728. The molecule has 0 aliphatic carbocycles. The monoisotopic (exact) mass is 397 g/mol. The number of urea groups is 1. The third-order valence-electron chi connectivity index (χ3n) is 5.23. The zero-order valence-corrected chi connectivity index (χ0v) is 16.5. The molecule has 1 heterocycles. The number of rotatable bonds is 7. The third-order valence-corrected chi connectivity index (χ3v) is 5.23. The van der Waals surface area contributed by atoms with E-state index in [1.165, 1.54) is 29.2 Å². The number of carbonyl (C=O) groups excluding carboxylic acids is 3. The Bertz CT molecular complexity index is 901. The Morgan fingerprint density at radius 1 is 1.10 bits per heavy atom. The molecule has 2 aromatic carbocycles. The van der Waals surface area contributed by atoms with Crippen molar-refractivity contribution in [3.05, 3.63) is 66.0 Å². The second kappa shape index (κ2) is 8.43. The van der Waals surface area contributed by atoms with Crippen LogP contribution in [-0.4, -0.2) is 36.3 Å². The summed E-state index contributed by atoms with van der Waals surface area (Å²) in [6.07, 6.45) is 1.88. The van der Waals surface area contributed by atoms with Gasteiger partial charge in [-0.2, -0.15) is 0 Å². The van der Waals surface area contributed by atoms with Gasteiger partial charge in [0.2, 0.25) is 5.91 Å². The minimum absolute atomic E-state index is 0.370. The molecule has 0 radical (unpaired) electrons. The van der Waals surface area contributed by atoms with E-state index in [0.29, 0.717) is 24.1 Å². The molecule has 1 atom stereocenters. The first-order chi connectivity index (χ1) is 13.9. The van der Waals surface area contributed by atoms with Crippen molar-refractivity contribution in [2.24, 2.45) is 0 Å². The Labute approximate surface area is 169 Å². The molecule has 0 aromatic heterocycles. The molecule has 6 nitrogen and oxygen atoms in total. The van der Waals surface area contributed by atoms with Crippen molar-refractivity contribution in [2.45, 2.75) is 31.7 Å². The van der Waals surface area contributed by atoms with Crippen LogP contribution in [-0.2, 0) is 15.1 Å². The molecule has 29 heavy (non-hydrogen) atoms. The van der Waals surface area contributed by atoms with Crippen LogP contribution in [0.2, 0.25) is 0 Å². The smallest absolute Gasteiger partial charge is 0.319 e. The largest absolute Gasteiger partial charge is 0.325 e. The maximum atomic E-state index is 13.4. The normalized spacial score (nSPS) is 18.7. The van der Waals surface area contributed by atoms with Crippen molar-refractivity contribution in [1.29, 1.82) is 0 Å². The van der Waals surface area contributed by atoms with Crippen molar-refractivity contribution >= 4 is 23.5 Å². The molecule has 1 fully saturated rings. The van der Waals surface area contributed by atoms with Gasteiger partial charge in [0.05, 0.1) is 0 Å². The first-order valence-corrected chi connectivity index (χ1v) is 9.61. The van der Waals surface area contributed by atoms with Gasteiger partial charge in [-0.25, -0.2) is 9.18 Å². The number of hydrogen-bond acceptors (Lipinski definition) is 3. The zero-order chi connectivity index (χ0) is 21.0. The summed E-state index contributed by atoms with van der Waals surface area (Å²) in [5.74, 6) is -1.30. The molecule has 4 amide bonds. The molecule has 0 spiro atoms. The highest BCUT2D eigenvalue weighted by molar-refractivity contribution is 6.10. The topological polar surface area (TPSA) is 69.7 Å². The van der Waals surface area contributed by atoms with E-state index >= 15 is 0 Å². The van der Waals surface area contributed by atoms with Gasteiger partial charge in [-0.05, 0) is 36.2 Å². The molecule has 1 saturated heterocycles. The van der Waals surface area contributed by atoms with Gasteiger partial charge in [0.1, 0.15) is 17.9 Å². The predicted molar refractivity (Wildman–Crippen MR) is 108 cm³/mol. The molecule has 3 rings (SSSR count). The molecular formula is C22H24FN3O3. The Morgan fingerprint density at radius 2 is 1.76 bits per heavy atom. The number of imide groups is 1. The van der Waals surface area contributed by atoms with Crippen LogP contribution >= 0.6 is 0 Å². The minimum atomic E-state index is -1.29. The minimum Gasteiger partial charge on any atom is -0.319 e. The Balaban J connectivity index is 1.85. The van der Waals surface area contributed by atoms with Crippen LogP contribution in [0.25, 0.3) is 0 Å². The summed E-state index contributed by atoms with van der Waals surface area (Å²) in [6, 6.07) is 13.9. The standard InChI is InChI=1S/C22H24FN3O3/c1-3-4-14-22(16-10-12-17(23)13-11-16)20(28)26(21(29)24-22)15-19(27)25(2)18-8-6-5-7-9-18/h5-13H,3-4,14-15H2,1-2H3,(H,24,29). The lowest BCUT2D eigenvalue weighted by Gasteiger charge is -2.27. The van der Waals surface area contributed by atoms with E-state index in [4.69, 9.17) is 0 Å². The highest BCUT2D eigenvalue weighted by atomic mass is 19.1. The highest BCUT2D eigenvalue weighted by Crippen LogP contribution is 2.34. The number of likely N-dealkylation sites (N-methyl/N-ethyl adjacent to an activating group) is 1. The summed E-state index contributed by atoms with van der Waals surface area (Å²) in [4.78, 5) is 41.0. The van der Waals surface area contributed by atoms with Crippen molar-refractivity contribution in [2.75, 3.05) is 18.5 Å². The maximum absolute atomic E-state index is 13.4. The molecule has 2 aromatic rings. The van der Waals surface area contributed by atoms with Crippen molar-refractivity contribution in [3.63, 3.8) is 0 Å². The van der Waals surface area contributed by atoms with E-state index < -0.39 is 23.3 Å². The molecule has 0 saturated carbocycles. The molecule has 7 heteroatoms. The van der Waals surface area contributed by atoms with Gasteiger partial charge in [-0.1, -0.05) is 50.1 Å². The van der Waals surface area contributed by atoms with Crippen LogP contribution in [0.15, 0.2) is 54.6 Å². The number of hydrogen-bond donors (Lipinski definition) is 1. The number of nitrogens with zero attached hydrogens (tertiary/aromatic N) is 2. The van der Waals surface area contributed by atoms with Crippen LogP contribution in [0.3, 0.4) is 0 Å². The van der Waals surface area contributed by atoms with E-state index in [1.54, 1.807) is 31.3 Å². The van der Waals surface area contributed by atoms with Crippen LogP contribution in [0.4, 0.5) is 14.9 Å². The lowest BCUT2D eigenvalue weighted by molar-refractivity contribution is -0.134. The first-order valence-electron chi connectivity index (χ1n) is 9.61. The fourth-order valence-electron chi connectivity index (χ4n) is 3.49. The van der Waals surface area contributed by atoms with E-state index in [-0.39, 0.29) is 12.5 Å². The maximum Gasteiger partial charge on any atom is 0.325 e. The number of halogens is 1. The Morgan fingerprint density at radius 3 is 2.38 bits per heavy atom. The van der Waals surface area contributed by atoms with E-state index in [9.17, 15) is 18.8 Å². The van der Waals surface area contributed by atoms with Crippen molar-refractivity contribution in [3.8, 4) is 0 Å². The number of carbonyl (C=O) groups is 3. The molecule has 0 bridgehead atoms. The predicted octanol–water partition coefficient (Wildman–Crippen LogP) is 3.43. The lowest BCUT2D eigenvalue weighted by atomic mass is 9.85. The summed E-state index contributed by atoms with van der Waals surface area (Å²) in [5, 5.41) is 2.77. The molecule has 1 N–H and O–H groups in total. The van der Waals surface area contributed by atoms with Gasteiger partial charge in [0, 0.05) is 12.7 Å². The Hall–Kier alpha value is -3.22. The van der Waals surface area contributed by atoms with E-state index in [0.717, 1.165) is 11.3 Å². The molecule has 1 unspecified atom stereocenters. The van der Waals surface area contributed by atoms with Gasteiger partial charge in [-0.15, -0.1) is 0 Å². The number of benzene rings is 2. The van der Waals surface area contributed by atoms with Gasteiger partial charge in [0.25, 0.3) is 5.91 Å². The van der Waals surface area contributed by atoms with Crippen molar-refractivity contribution in [1.82, 2.24) is 10.2 Å². The van der Waals surface area contributed by atoms with Crippen molar-refractivity contribution < 1.29 is 18.8 Å². The lowest BCUT2D eigenvalue weighted by Crippen LogP contribution is -2.45. The summed E-state index contributed by atoms with van der Waals surface area (Å²) in [7, 11) is 1.60. The van der Waals surface area contributed by atoms with E-state index in [2.05, 4.69) is 5.32 Å². The number of unbranched alkanes of at least 4 members (excludes halogenated alkanes) is 1. The second-order valence-corrected chi connectivity index (χ2v) is 7.13. The summed E-state index contributed by atoms with van der Waals surface area (Å²) >= 11 is 0. The number of para-hydroxylation sites is 1. The molecule has 152 valence electrons. The number of amides is 4. The summed E-state index contributed by atoms with van der Waals surface area (Å²) < 4.78 is 13.4. The van der Waals surface area contributed by atoms with Crippen LogP contribution in [0.5, 0.6) is 0 Å². The first kappa shape index (κ1) is 20.5. The average Bonchev–Trinajstić information content (AvgIpc) is 2.97. The van der Waals surface area contributed by atoms with E-state index in [1.807, 2.05) is 13.0 Å².